The summed E-state index contributed by atoms with van der Waals surface area (Å²) in [5.74, 6) is 0. The molecule has 0 amide bonds. The van der Waals surface area contributed by atoms with Crippen molar-refractivity contribution in [3.05, 3.63) is 0 Å². The fourth-order valence-corrected chi connectivity index (χ4v) is 2.07. The first-order valence-corrected chi connectivity index (χ1v) is 5.29. The zero-order chi connectivity index (χ0) is 4.62. The summed E-state index contributed by atoms with van der Waals surface area (Å²) in [7, 11) is -1.45. The van der Waals surface area contributed by atoms with E-state index in [4.69, 9.17) is 4.80 Å². The van der Waals surface area contributed by atoms with Crippen molar-refractivity contribution < 1.29 is 4.80 Å². The molecule has 0 aromatic rings. The molecule has 0 radical (unpaired) electrons. The van der Waals surface area contributed by atoms with Gasteiger partial charge in [-0.15, -0.1) is 0 Å². The molecule has 1 N–H and O–H groups in total. The second-order valence-electron chi connectivity index (χ2n) is 2.35. The maximum absolute atomic E-state index is 9.05. The third kappa shape index (κ3) is 0.630. The molecular weight excluding hydrogens is 92.1 g/mol. The van der Waals surface area contributed by atoms with E-state index in [9.17, 15) is 0 Å². The molecule has 1 heterocycles. The second-order valence-corrected chi connectivity index (χ2v) is 6.34. The Bertz CT molecular complexity index is 54.6. The third-order valence-corrected chi connectivity index (χ3v) is 4.29. The Hall–Kier alpha value is 0.177. The quantitative estimate of drug-likeness (QED) is 0.452. The van der Waals surface area contributed by atoms with Crippen LogP contribution in [0.15, 0.2) is 0 Å². The predicted octanol–water partition coefficient (Wildman–Crippen LogP) is 0.958. The lowest BCUT2D eigenvalue weighted by molar-refractivity contribution is 0.504. The lowest BCUT2D eigenvalue weighted by Crippen LogP contribution is -2.37. The van der Waals surface area contributed by atoms with Gasteiger partial charge in [0.15, 0.2) is 8.32 Å². The van der Waals surface area contributed by atoms with E-state index in [2.05, 4.69) is 0 Å². The summed E-state index contributed by atoms with van der Waals surface area (Å²) >= 11 is 0. The maximum atomic E-state index is 9.05. The molecule has 0 aliphatic carbocycles. The van der Waals surface area contributed by atoms with E-state index >= 15 is 0 Å². The largest absolute Gasteiger partial charge is 0.432 e. The van der Waals surface area contributed by atoms with Gasteiger partial charge in [0.1, 0.15) is 0 Å². The second kappa shape index (κ2) is 1.07. The highest BCUT2D eigenvalue weighted by atomic mass is 28.4. The van der Waals surface area contributed by atoms with Crippen LogP contribution in [0.3, 0.4) is 0 Å². The van der Waals surface area contributed by atoms with Crippen LogP contribution >= 0.6 is 0 Å². The van der Waals surface area contributed by atoms with E-state index in [1.165, 1.54) is 6.42 Å². The molecule has 2 heteroatoms. The lowest BCUT2D eigenvalue weighted by Gasteiger charge is -2.28. The van der Waals surface area contributed by atoms with Crippen LogP contribution in [-0.4, -0.2) is 13.1 Å². The van der Waals surface area contributed by atoms with Gasteiger partial charge in [-0.1, -0.05) is 6.42 Å². The molecule has 0 saturated carbocycles. The third-order valence-electron chi connectivity index (χ3n) is 1.43. The summed E-state index contributed by atoms with van der Waals surface area (Å²) in [6, 6.07) is 2.29. The van der Waals surface area contributed by atoms with Gasteiger partial charge in [-0.05, 0) is 18.6 Å². The predicted molar refractivity (Wildman–Crippen MR) is 28.1 cm³/mol. The molecule has 0 atom stereocenters. The topological polar surface area (TPSA) is 20.2 Å². The van der Waals surface area contributed by atoms with Crippen molar-refractivity contribution in [1.29, 1.82) is 0 Å². The molecule has 0 spiro atoms. The van der Waals surface area contributed by atoms with Gasteiger partial charge in [0.05, 0.1) is 0 Å². The van der Waals surface area contributed by atoms with Gasteiger partial charge >= 0.3 is 0 Å². The molecule has 1 rings (SSSR count). The maximum Gasteiger partial charge on any atom is 0.185 e. The van der Waals surface area contributed by atoms with E-state index in [-0.39, 0.29) is 0 Å². The molecule has 36 valence electrons. The highest BCUT2D eigenvalue weighted by molar-refractivity contribution is 6.73. The molecule has 0 aromatic carbocycles. The van der Waals surface area contributed by atoms with Crippen LogP contribution in [0.1, 0.15) is 6.42 Å². The van der Waals surface area contributed by atoms with E-state index < -0.39 is 8.32 Å². The minimum absolute atomic E-state index is 1.15. The molecular formula is C4H10OSi. The van der Waals surface area contributed by atoms with Crippen LogP contribution in [0, 0.1) is 0 Å². The molecule has 1 nitrogen and oxygen atoms in total. The fraction of sp³-hybridized carbons (Fsp3) is 1.00. The molecule has 0 bridgehead atoms. The van der Waals surface area contributed by atoms with Crippen LogP contribution < -0.4 is 0 Å². The van der Waals surface area contributed by atoms with E-state index in [0.717, 1.165) is 12.1 Å². The van der Waals surface area contributed by atoms with E-state index in [1.54, 1.807) is 0 Å². The van der Waals surface area contributed by atoms with Crippen LogP contribution in [0.5, 0.6) is 0 Å². The number of hydrogen-bond acceptors (Lipinski definition) is 1. The Kier molecular flexibility index (Phi) is 0.776. The highest BCUT2D eigenvalue weighted by Crippen LogP contribution is 2.28. The van der Waals surface area contributed by atoms with Gasteiger partial charge in [0.25, 0.3) is 0 Å². The van der Waals surface area contributed by atoms with Crippen LogP contribution in [-0.2, 0) is 0 Å². The van der Waals surface area contributed by atoms with Crippen molar-refractivity contribution in [1.82, 2.24) is 0 Å². The van der Waals surface area contributed by atoms with Gasteiger partial charge < -0.3 is 4.80 Å². The van der Waals surface area contributed by atoms with Crippen molar-refractivity contribution in [3.63, 3.8) is 0 Å². The number of hydrogen-bond donors (Lipinski definition) is 1. The van der Waals surface area contributed by atoms with Gasteiger partial charge in [-0.2, -0.15) is 0 Å². The molecule has 1 aliphatic heterocycles. The summed E-state index contributed by atoms with van der Waals surface area (Å²) in [6.45, 7) is 2.02. The van der Waals surface area contributed by atoms with Crippen molar-refractivity contribution in [2.45, 2.75) is 25.1 Å². The van der Waals surface area contributed by atoms with E-state index in [0.29, 0.717) is 0 Å². The lowest BCUT2D eigenvalue weighted by atomic mass is 10.5. The first-order chi connectivity index (χ1) is 2.71. The van der Waals surface area contributed by atoms with Crippen molar-refractivity contribution in [2.24, 2.45) is 0 Å². The van der Waals surface area contributed by atoms with Crippen LogP contribution in [0.2, 0.25) is 18.6 Å². The molecule has 6 heavy (non-hydrogen) atoms. The minimum Gasteiger partial charge on any atom is -0.432 e. The monoisotopic (exact) mass is 102 g/mol. The minimum atomic E-state index is -1.45. The average Bonchev–Trinajstić information content (AvgIpc) is 1.32. The summed E-state index contributed by atoms with van der Waals surface area (Å²) in [6.07, 6.45) is 1.28. The molecule has 1 aliphatic rings. The summed E-state index contributed by atoms with van der Waals surface area (Å²) < 4.78 is 0. The normalized spacial score (nSPS) is 29.0. The fourth-order valence-electron chi connectivity index (χ4n) is 0.688. The molecule has 0 unspecified atom stereocenters. The van der Waals surface area contributed by atoms with Crippen LogP contribution in [0.25, 0.3) is 0 Å². The molecule has 1 saturated heterocycles. The Morgan fingerprint density at radius 1 is 1.50 bits per heavy atom. The first kappa shape index (κ1) is 4.34. The standard InChI is InChI=1S/C4H10OSi/c1-6(5)3-2-4-6/h5H,2-4H2,1H3. The Balaban J connectivity index is 2.31. The Morgan fingerprint density at radius 3 is 1.83 bits per heavy atom. The van der Waals surface area contributed by atoms with Crippen molar-refractivity contribution >= 4 is 8.32 Å². The highest BCUT2D eigenvalue weighted by Gasteiger charge is 2.31. The van der Waals surface area contributed by atoms with Crippen molar-refractivity contribution in [3.8, 4) is 0 Å². The zero-order valence-corrected chi connectivity index (χ0v) is 5.07. The van der Waals surface area contributed by atoms with Gasteiger partial charge in [-0.25, -0.2) is 0 Å². The zero-order valence-electron chi connectivity index (χ0n) is 4.07. The van der Waals surface area contributed by atoms with Gasteiger partial charge in [0, 0.05) is 0 Å². The molecule has 1 fully saturated rings. The summed E-state index contributed by atoms with van der Waals surface area (Å²) in [5.41, 5.74) is 0. The molecule has 0 aromatic heterocycles. The summed E-state index contributed by atoms with van der Waals surface area (Å²) in [4.78, 5) is 9.05. The van der Waals surface area contributed by atoms with Crippen LogP contribution in [0.4, 0.5) is 0 Å². The number of rotatable bonds is 0. The Labute approximate surface area is 39.1 Å². The first-order valence-electron chi connectivity index (χ1n) is 2.43. The average molecular weight is 102 g/mol. The van der Waals surface area contributed by atoms with Gasteiger partial charge in [-0.3, -0.25) is 0 Å². The van der Waals surface area contributed by atoms with Crippen molar-refractivity contribution in [2.75, 3.05) is 0 Å². The van der Waals surface area contributed by atoms with Gasteiger partial charge in [0.2, 0.25) is 0 Å². The Morgan fingerprint density at radius 2 is 1.83 bits per heavy atom. The SMILES string of the molecule is C[Si]1(O)CCC1. The smallest absolute Gasteiger partial charge is 0.185 e. The van der Waals surface area contributed by atoms with E-state index in [1.807, 2.05) is 6.55 Å². The summed E-state index contributed by atoms with van der Waals surface area (Å²) in [5, 5.41) is 0.